The van der Waals surface area contributed by atoms with Gasteiger partial charge in [-0.2, -0.15) is 0 Å². The van der Waals surface area contributed by atoms with E-state index in [-0.39, 0.29) is 5.91 Å². The molecule has 0 atom stereocenters. The largest absolute Gasteiger partial charge is 0.465 e. The Morgan fingerprint density at radius 2 is 1.71 bits per heavy atom. The molecule has 142 valence electrons. The Labute approximate surface area is 167 Å². The average Bonchev–Trinajstić information content (AvgIpc) is 2.71. The van der Waals surface area contributed by atoms with Gasteiger partial charge >= 0.3 is 5.97 Å². The van der Waals surface area contributed by atoms with Crippen LogP contribution < -0.4 is 10.6 Å². The van der Waals surface area contributed by atoms with Crippen LogP contribution in [0.2, 0.25) is 5.02 Å². The molecule has 0 saturated heterocycles. The molecular weight excluding hydrogens is 378 g/mol. The van der Waals surface area contributed by atoms with Crippen molar-refractivity contribution in [2.24, 2.45) is 0 Å². The van der Waals surface area contributed by atoms with E-state index in [1.807, 2.05) is 31.2 Å². The number of aromatic nitrogens is 1. The second-order valence-electron chi connectivity index (χ2n) is 6.06. The number of nitrogens with one attached hydrogen (secondary N) is 2. The Kier molecular flexibility index (Phi) is 5.91. The maximum absolute atomic E-state index is 12.3. The van der Waals surface area contributed by atoms with Gasteiger partial charge in [0.05, 0.1) is 28.9 Å². The predicted molar refractivity (Wildman–Crippen MR) is 109 cm³/mol. The van der Waals surface area contributed by atoms with E-state index < -0.39 is 5.97 Å². The molecule has 2 N–H and O–H groups in total. The van der Waals surface area contributed by atoms with Crippen LogP contribution in [0.4, 0.5) is 17.2 Å². The van der Waals surface area contributed by atoms with Gasteiger partial charge in [-0.05, 0) is 49.4 Å². The highest BCUT2D eigenvalue weighted by Crippen LogP contribution is 2.26. The number of benzene rings is 2. The van der Waals surface area contributed by atoms with E-state index in [4.69, 9.17) is 16.3 Å². The third-order valence-electron chi connectivity index (χ3n) is 3.99. The van der Waals surface area contributed by atoms with Crippen LogP contribution in [0.1, 0.15) is 26.3 Å². The van der Waals surface area contributed by atoms with Gasteiger partial charge in [-0.1, -0.05) is 29.3 Å². The van der Waals surface area contributed by atoms with Crippen molar-refractivity contribution in [1.29, 1.82) is 0 Å². The number of halogens is 1. The quantitative estimate of drug-likeness (QED) is 0.605. The van der Waals surface area contributed by atoms with Crippen LogP contribution in [0.3, 0.4) is 0 Å². The first-order chi connectivity index (χ1) is 13.5. The predicted octanol–water partition coefficient (Wildman–Crippen LogP) is 4.83. The fourth-order valence-electron chi connectivity index (χ4n) is 2.45. The minimum atomic E-state index is -0.462. The van der Waals surface area contributed by atoms with Gasteiger partial charge in [-0.15, -0.1) is 0 Å². The number of carbonyl (C=O) groups is 2. The highest BCUT2D eigenvalue weighted by molar-refractivity contribution is 6.33. The van der Waals surface area contributed by atoms with E-state index in [2.05, 4.69) is 15.6 Å². The molecule has 2 aromatic carbocycles. The highest BCUT2D eigenvalue weighted by atomic mass is 35.5. The normalized spacial score (nSPS) is 10.2. The molecule has 0 spiro atoms. The van der Waals surface area contributed by atoms with Crippen molar-refractivity contribution in [3.8, 4) is 0 Å². The van der Waals surface area contributed by atoms with Crippen LogP contribution in [-0.4, -0.2) is 24.0 Å². The fourth-order valence-corrected chi connectivity index (χ4v) is 2.61. The summed E-state index contributed by atoms with van der Waals surface area (Å²) in [6, 6.07) is 15.6. The Morgan fingerprint density at radius 1 is 1.00 bits per heavy atom. The summed E-state index contributed by atoms with van der Waals surface area (Å²) in [6.07, 6.45) is 1.46. The summed E-state index contributed by atoms with van der Waals surface area (Å²) < 4.78 is 4.71. The lowest BCUT2D eigenvalue weighted by molar-refractivity contribution is 0.0600. The number of esters is 1. The lowest BCUT2D eigenvalue weighted by Crippen LogP contribution is -2.12. The fraction of sp³-hybridized carbons (Fsp3) is 0.0952. The van der Waals surface area contributed by atoms with Gasteiger partial charge in [0.1, 0.15) is 5.82 Å². The highest BCUT2D eigenvalue weighted by Gasteiger charge is 2.11. The molecule has 28 heavy (non-hydrogen) atoms. The minimum absolute atomic E-state index is 0.256. The standard InChI is InChI=1S/C21H18ClN3O3/c1-13-3-7-16(8-4-13)24-20(26)15-6-10-19(23-12-15)25-18-11-14(21(27)28-2)5-9-17(18)22/h3-12H,1-2H3,(H,23,25)(H,24,26). The summed E-state index contributed by atoms with van der Waals surface area (Å²) in [5, 5.41) is 6.28. The third-order valence-corrected chi connectivity index (χ3v) is 4.31. The second kappa shape index (κ2) is 8.54. The molecule has 1 aromatic heterocycles. The molecule has 0 bridgehead atoms. The van der Waals surface area contributed by atoms with Gasteiger partial charge in [0.25, 0.3) is 5.91 Å². The summed E-state index contributed by atoms with van der Waals surface area (Å²) in [6.45, 7) is 1.98. The van der Waals surface area contributed by atoms with E-state index in [0.717, 1.165) is 5.56 Å². The molecule has 3 aromatic rings. The lowest BCUT2D eigenvalue weighted by Gasteiger charge is -2.10. The molecule has 3 rings (SSSR count). The lowest BCUT2D eigenvalue weighted by atomic mass is 10.2. The first-order valence-corrected chi connectivity index (χ1v) is 8.83. The zero-order valence-electron chi connectivity index (χ0n) is 15.3. The molecule has 0 aliphatic carbocycles. The van der Waals surface area contributed by atoms with E-state index in [1.54, 1.807) is 30.3 Å². The van der Waals surface area contributed by atoms with Crippen LogP contribution in [0.15, 0.2) is 60.8 Å². The number of aryl methyl sites for hydroxylation is 1. The number of carbonyl (C=O) groups excluding carboxylic acids is 2. The van der Waals surface area contributed by atoms with E-state index in [0.29, 0.717) is 33.3 Å². The molecule has 0 radical (unpaired) electrons. The summed E-state index contributed by atoms with van der Waals surface area (Å²) in [5.41, 5.74) is 3.12. The van der Waals surface area contributed by atoms with Crippen LogP contribution >= 0.6 is 11.6 Å². The number of methoxy groups -OCH3 is 1. The van der Waals surface area contributed by atoms with Crippen molar-refractivity contribution in [1.82, 2.24) is 4.98 Å². The number of anilines is 3. The van der Waals surface area contributed by atoms with Gasteiger partial charge in [0.15, 0.2) is 0 Å². The zero-order chi connectivity index (χ0) is 20.1. The van der Waals surface area contributed by atoms with Crippen LogP contribution in [-0.2, 0) is 4.74 Å². The number of amides is 1. The van der Waals surface area contributed by atoms with Crippen LogP contribution in [0, 0.1) is 6.92 Å². The Morgan fingerprint density at radius 3 is 2.36 bits per heavy atom. The van der Waals surface area contributed by atoms with Crippen LogP contribution in [0.5, 0.6) is 0 Å². The molecule has 0 aliphatic heterocycles. The van der Waals surface area contributed by atoms with Gasteiger partial charge < -0.3 is 15.4 Å². The Hall–Kier alpha value is -3.38. The number of ether oxygens (including phenoxy) is 1. The van der Waals surface area contributed by atoms with Crippen molar-refractivity contribution < 1.29 is 14.3 Å². The van der Waals surface area contributed by atoms with Crippen molar-refractivity contribution in [2.75, 3.05) is 17.7 Å². The first-order valence-electron chi connectivity index (χ1n) is 8.45. The SMILES string of the molecule is COC(=O)c1ccc(Cl)c(Nc2ccc(C(=O)Nc3ccc(C)cc3)cn2)c1. The van der Waals surface area contributed by atoms with E-state index in [9.17, 15) is 9.59 Å². The van der Waals surface area contributed by atoms with Gasteiger partial charge in [-0.25, -0.2) is 9.78 Å². The van der Waals surface area contributed by atoms with Crippen molar-refractivity contribution in [3.63, 3.8) is 0 Å². The maximum Gasteiger partial charge on any atom is 0.337 e. The summed E-state index contributed by atoms with van der Waals surface area (Å²) in [5.74, 6) is -0.236. The molecule has 0 aliphatic rings. The number of rotatable bonds is 5. The zero-order valence-corrected chi connectivity index (χ0v) is 16.1. The molecule has 6 nitrogen and oxygen atoms in total. The summed E-state index contributed by atoms with van der Waals surface area (Å²) in [7, 11) is 1.31. The van der Waals surface area contributed by atoms with E-state index in [1.165, 1.54) is 13.3 Å². The molecule has 0 fully saturated rings. The maximum atomic E-state index is 12.3. The van der Waals surface area contributed by atoms with Crippen molar-refractivity contribution in [3.05, 3.63) is 82.5 Å². The molecule has 0 saturated carbocycles. The van der Waals surface area contributed by atoms with Gasteiger partial charge in [0.2, 0.25) is 0 Å². The average molecular weight is 396 g/mol. The number of hydrogen-bond acceptors (Lipinski definition) is 5. The second-order valence-corrected chi connectivity index (χ2v) is 6.47. The summed E-state index contributed by atoms with van der Waals surface area (Å²) in [4.78, 5) is 28.2. The Balaban J connectivity index is 1.71. The first kappa shape index (κ1) is 19.4. The smallest absolute Gasteiger partial charge is 0.337 e. The number of pyridine rings is 1. The molecular formula is C21H18ClN3O3. The number of nitrogens with zero attached hydrogens (tertiary/aromatic N) is 1. The minimum Gasteiger partial charge on any atom is -0.465 e. The molecule has 0 unspecified atom stereocenters. The Bertz CT molecular complexity index is 1000. The van der Waals surface area contributed by atoms with Crippen molar-refractivity contribution in [2.45, 2.75) is 6.92 Å². The third kappa shape index (κ3) is 4.66. The summed E-state index contributed by atoms with van der Waals surface area (Å²) >= 11 is 6.17. The topological polar surface area (TPSA) is 80.3 Å². The number of hydrogen-bond donors (Lipinski definition) is 2. The van der Waals surface area contributed by atoms with E-state index >= 15 is 0 Å². The monoisotopic (exact) mass is 395 g/mol. The van der Waals surface area contributed by atoms with Gasteiger partial charge in [-0.3, -0.25) is 4.79 Å². The van der Waals surface area contributed by atoms with Crippen molar-refractivity contribution >= 4 is 40.7 Å². The van der Waals surface area contributed by atoms with Crippen LogP contribution in [0.25, 0.3) is 0 Å². The molecule has 7 heteroatoms. The molecule has 1 amide bonds. The van der Waals surface area contributed by atoms with Gasteiger partial charge in [0, 0.05) is 11.9 Å². The molecule has 1 heterocycles.